The fourth-order valence-electron chi connectivity index (χ4n) is 3.47. The molecule has 3 rings (SSSR count). The van der Waals surface area contributed by atoms with E-state index in [1.165, 1.54) is 12.0 Å². The molecule has 0 aromatic heterocycles. The number of hydrogen-bond donors (Lipinski definition) is 1. The zero-order valence-corrected chi connectivity index (χ0v) is 18.1. The van der Waals surface area contributed by atoms with E-state index >= 15 is 0 Å². The summed E-state index contributed by atoms with van der Waals surface area (Å²) in [6, 6.07) is 14.0. The number of hydrogen-bond acceptors (Lipinski definition) is 6. The first-order chi connectivity index (χ1) is 14.8. The summed E-state index contributed by atoms with van der Waals surface area (Å²) in [6.07, 6.45) is -0.842. The average molecular weight is 425 g/mol. The molecule has 0 unspecified atom stereocenters. The Balaban J connectivity index is 1.69. The Hall–Kier alpha value is -3.55. The maximum absolute atomic E-state index is 13.1. The smallest absolute Gasteiger partial charge is 0.348 e. The third kappa shape index (κ3) is 5.14. The number of ether oxygens (including phenoxy) is 2. The summed E-state index contributed by atoms with van der Waals surface area (Å²) in [5.74, 6) is -0.547. The number of carbonyl (C=O) groups excluding carboxylic acids is 3. The zero-order chi connectivity index (χ0) is 22.5. The van der Waals surface area contributed by atoms with Crippen LogP contribution in [0.4, 0.5) is 11.4 Å². The molecule has 0 saturated heterocycles. The van der Waals surface area contributed by atoms with Gasteiger partial charge in [-0.25, -0.2) is 4.79 Å². The summed E-state index contributed by atoms with van der Waals surface area (Å²) in [6.45, 7) is 3.78. The summed E-state index contributed by atoms with van der Waals surface area (Å²) in [5, 5.41) is 2.79. The van der Waals surface area contributed by atoms with Gasteiger partial charge in [-0.1, -0.05) is 29.8 Å². The van der Waals surface area contributed by atoms with Crippen LogP contribution in [-0.4, -0.2) is 62.1 Å². The Labute approximate surface area is 181 Å². The SMILES string of the molecule is COC(=O)[C@H]1CN([C@H](C)C(=O)N(C)CC(=O)Nc2ccc(C)cc2)c2ccccc2O1. The maximum Gasteiger partial charge on any atom is 0.348 e. The lowest BCUT2D eigenvalue weighted by Gasteiger charge is -2.39. The highest BCUT2D eigenvalue weighted by Crippen LogP contribution is 2.34. The van der Waals surface area contributed by atoms with Gasteiger partial charge in [0.2, 0.25) is 17.9 Å². The lowest BCUT2D eigenvalue weighted by molar-refractivity contribution is -0.149. The summed E-state index contributed by atoms with van der Waals surface area (Å²) in [5.41, 5.74) is 2.48. The van der Waals surface area contributed by atoms with Gasteiger partial charge < -0.3 is 24.6 Å². The van der Waals surface area contributed by atoms with Crippen LogP contribution in [0.25, 0.3) is 0 Å². The lowest BCUT2D eigenvalue weighted by Crippen LogP contribution is -2.54. The second-order valence-corrected chi connectivity index (χ2v) is 7.53. The van der Waals surface area contributed by atoms with Crippen LogP contribution in [0.1, 0.15) is 12.5 Å². The monoisotopic (exact) mass is 425 g/mol. The first kappa shape index (κ1) is 22.1. The van der Waals surface area contributed by atoms with Crippen LogP contribution in [0, 0.1) is 6.92 Å². The van der Waals surface area contributed by atoms with Crippen molar-refractivity contribution in [3.05, 3.63) is 54.1 Å². The fraction of sp³-hybridized carbons (Fsp3) is 0.348. The van der Waals surface area contributed by atoms with Gasteiger partial charge in [0.05, 0.1) is 25.9 Å². The van der Waals surface area contributed by atoms with Crippen LogP contribution >= 0.6 is 0 Å². The lowest BCUT2D eigenvalue weighted by atomic mass is 10.1. The highest BCUT2D eigenvalue weighted by Gasteiger charge is 2.36. The number of rotatable bonds is 6. The maximum atomic E-state index is 13.1. The van der Waals surface area contributed by atoms with Gasteiger partial charge in [-0.2, -0.15) is 0 Å². The molecule has 1 N–H and O–H groups in total. The van der Waals surface area contributed by atoms with Crippen molar-refractivity contribution in [1.82, 2.24) is 4.90 Å². The van der Waals surface area contributed by atoms with Gasteiger partial charge >= 0.3 is 5.97 Å². The van der Waals surface area contributed by atoms with E-state index in [0.29, 0.717) is 17.1 Å². The molecule has 1 aliphatic rings. The number of nitrogens with one attached hydrogen (secondary N) is 1. The van der Waals surface area contributed by atoms with Gasteiger partial charge in [-0.05, 0) is 38.1 Å². The van der Waals surface area contributed by atoms with Crippen molar-refractivity contribution in [2.24, 2.45) is 0 Å². The number of aryl methyl sites for hydroxylation is 1. The fourth-order valence-corrected chi connectivity index (χ4v) is 3.47. The summed E-state index contributed by atoms with van der Waals surface area (Å²) >= 11 is 0. The first-order valence-corrected chi connectivity index (χ1v) is 10.0. The summed E-state index contributed by atoms with van der Waals surface area (Å²) < 4.78 is 10.6. The topological polar surface area (TPSA) is 88.2 Å². The van der Waals surface area contributed by atoms with E-state index in [-0.39, 0.29) is 24.9 Å². The van der Waals surface area contributed by atoms with Gasteiger partial charge in [-0.15, -0.1) is 0 Å². The van der Waals surface area contributed by atoms with Gasteiger partial charge in [0.25, 0.3) is 0 Å². The van der Waals surface area contributed by atoms with Crippen LogP contribution in [0.15, 0.2) is 48.5 Å². The number of para-hydroxylation sites is 2. The summed E-state index contributed by atoms with van der Waals surface area (Å²) in [4.78, 5) is 40.7. The van der Waals surface area contributed by atoms with E-state index < -0.39 is 18.1 Å². The van der Waals surface area contributed by atoms with Crippen LogP contribution in [0.5, 0.6) is 5.75 Å². The predicted octanol–water partition coefficient (Wildman–Crippen LogP) is 2.22. The molecule has 2 aromatic rings. The van der Waals surface area contributed by atoms with Crippen molar-refractivity contribution in [2.75, 3.05) is 37.5 Å². The molecule has 8 nitrogen and oxygen atoms in total. The predicted molar refractivity (Wildman–Crippen MR) is 117 cm³/mol. The third-order valence-corrected chi connectivity index (χ3v) is 5.19. The molecule has 31 heavy (non-hydrogen) atoms. The number of fused-ring (bicyclic) bond motifs is 1. The molecule has 1 aliphatic heterocycles. The Bertz CT molecular complexity index is 960. The van der Waals surface area contributed by atoms with E-state index in [0.717, 1.165) is 5.56 Å². The third-order valence-electron chi connectivity index (χ3n) is 5.19. The molecule has 0 aliphatic carbocycles. The second-order valence-electron chi connectivity index (χ2n) is 7.53. The molecule has 0 saturated carbocycles. The highest BCUT2D eigenvalue weighted by atomic mass is 16.6. The van der Waals surface area contributed by atoms with Gasteiger partial charge in [0, 0.05) is 12.7 Å². The molecule has 164 valence electrons. The number of carbonyl (C=O) groups is 3. The van der Waals surface area contributed by atoms with Crippen molar-refractivity contribution >= 4 is 29.2 Å². The molecule has 2 aromatic carbocycles. The first-order valence-electron chi connectivity index (χ1n) is 10.0. The van der Waals surface area contributed by atoms with Gasteiger partial charge in [-0.3, -0.25) is 9.59 Å². The van der Waals surface area contributed by atoms with Crippen LogP contribution in [-0.2, 0) is 19.1 Å². The normalized spacial score (nSPS) is 15.9. The number of likely N-dealkylation sites (N-methyl/N-ethyl adjacent to an activating group) is 1. The molecule has 0 radical (unpaired) electrons. The van der Waals surface area contributed by atoms with E-state index in [2.05, 4.69) is 5.32 Å². The highest BCUT2D eigenvalue weighted by molar-refractivity contribution is 5.96. The minimum Gasteiger partial charge on any atom is -0.475 e. The number of benzene rings is 2. The Morgan fingerprint density at radius 2 is 1.87 bits per heavy atom. The van der Waals surface area contributed by atoms with Crippen molar-refractivity contribution in [3.63, 3.8) is 0 Å². The molecule has 2 amide bonds. The van der Waals surface area contributed by atoms with Gasteiger partial charge in [0.15, 0.2) is 0 Å². The van der Waals surface area contributed by atoms with Gasteiger partial charge in [0.1, 0.15) is 11.8 Å². The van der Waals surface area contributed by atoms with Crippen molar-refractivity contribution in [3.8, 4) is 5.75 Å². The van der Waals surface area contributed by atoms with Crippen molar-refractivity contribution in [2.45, 2.75) is 26.0 Å². The molecule has 0 bridgehead atoms. The minimum atomic E-state index is -0.842. The summed E-state index contributed by atoms with van der Waals surface area (Å²) in [7, 11) is 2.88. The minimum absolute atomic E-state index is 0.0938. The van der Waals surface area contributed by atoms with Crippen LogP contribution in [0.2, 0.25) is 0 Å². The number of methoxy groups -OCH3 is 1. The Kier molecular flexibility index (Phi) is 6.79. The number of esters is 1. The molecule has 0 fully saturated rings. The number of anilines is 2. The van der Waals surface area contributed by atoms with Crippen molar-refractivity contribution in [1.29, 1.82) is 0 Å². The molecule has 8 heteroatoms. The molecular formula is C23H27N3O5. The molecule has 0 spiro atoms. The largest absolute Gasteiger partial charge is 0.475 e. The van der Waals surface area contributed by atoms with E-state index in [9.17, 15) is 14.4 Å². The second kappa shape index (κ2) is 9.51. The van der Waals surface area contributed by atoms with E-state index in [4.69, 9.17) is 9.47 Å². The number of amides is 2. The van der Waals surface area contributed by atoms with Crippen LogP contribution < -0.4 is 15.0 Å². The number of nitrogens with zero attached hydrogens (tertiary/aromatic N) is 2. The molecule has 2 atom stereocenters. The Morgan fingerprint density at radius 1 is 1.19 bits per heavy atom. The van der Waals surface area contributed by atoms with E-state index in [1.54, 1.807) is 31.0 Å². The van der Waals surface area contributed by atoms with E-state index in [1.807, 2.05) is 43.3 Å². The standard InChI is InChI=1S/C23H27N3O5/c1-15-9-11-17(12-10-15)24-21(27)14-25(3)22(28)16(2)26-13-20(23(29)30-4)31-19-8-6-5-7-18(19)26/h5-12,16,20H,13-14H2,1-4H3,(H,24,27)/t16-,20-/m1/s1. The Morgan fingerprint density at radius 3 is 2.55 bits per heavy atom. The average Bonchev–Trinajstić information content (AvgIpc) is 2.78. The molecule has 1 heterocycles. The van der Waals surface area contributed by atoms with Crippen LogP contribution in [0.3, 0.4) is 0 Å². The quantitative estimate of drug-likeness (QED) is 0.714. The van der Waals surface area contributed by atoms with Crippen molar-refractivity contribution < 1.29 is 23.9 Å². The molecular weight excluding hydrogens is 398 g/mol. The zero-order valence-electron chi connectivity index (χ0n) is 18.1.